The van der Waals surface area contributed by atoms with Gasteiger partial charge in [-0.05, 0) is 43.6 Å². The van der Waals surface area contributed by atoms with Gasteiger partial charge in [0.05, 0.1) is 15.6 Å². The number of ether oxygens (including phenoxy) is 1. The highest BCUT2D eigenvalue weighted by molar-refractivity contribution is 14.1. The van der Waals surface area contributed by atoms with Crippen molar-refractivity contribution in [1.29, 1.82) is 0 Å². The van der Waals surface area contributed by atoms with Crippen LogP contribution in [0.5, 0.6) is 0 Å². The van der Waals surface area contributed by atoms with Crippen molar-refractivity contribution < 1.29 is 9.84 Å². The molecule has 38 heavy (non-hydrogen) atoms. The summed E-state index contributed by atoms with van der Waals surface area (Å²) in [6.45, 7) is 11.8. The van der Waals surface area contributed by atoms with Gasteiger partial charge in [0, 0.05) is 57.6 Å². The SMILES string of the molecule is CC1(O)C=CC=C(/C=C/CN2CCN(CCOC(C3=CC=CC(C)(I)C=C3)C3=CNCCC=C3)CC2)C=C1. The molecule has 4 rings (SSSR count). The number of aliphatic hydroxyl groups is 1. The number of rotatable bonds is 9. The van der Waals surface area contributed by atoms with Crippen LogP contribution >= 0.6 is 22.6 Å². The van der Waals surface area contributed by atoms with Gasteiger partial charge in [-0.15, -0.1) is 0 Å². The van der Waals surface area contributed by atoms with Gasteiger partial charge in [-0.25, -0.2) is 0 Å². The van der Waals surface area contributed by atoms with Crippen LogP contribution in [0.3, 0.4) is 0 Å². The van der Waals surface area contributed by atoms with Gasteiger partial charge >= 0.3 is 0 Å². The van der Waals surface area contributed by atoms with Gasteiger partial charge in [-0.3, -0.25) is 9.80 Å². The number of alkyl halides is 1. The molecule has 2 aliphatic heterocycles. The predicted octanol–water partition coefficient (Wildman–Crippen LogP) is 5.03. The standard InChI is InChI=1S/C32H42IN3O2/c1-31(33)14-6-11-28(13-16-31)30(29-10-3-4-18-34-26-29)38-25-24-36-22-20-35(21-23-36)19-7-9-27-8-5-15-32(2,37)17-12-27/h3,5-17,26,30,34,37H,4,18-25H2,1-2H3/b9-7+. The van der Waals surface area contributed by atoms with Crippen molar-refractivity contribution in [1.82, 2.24) is 15.1 Å². The van der Waals surface area contributed by atoms with Gasteiger partial charge in [0.1, 0.15) is 6.10 Å². The minimum Gasteiger partial charge on any atom is -0.390 e. The van der Waals surface area contributed by atoms with Crippen molar-refractivity contribution in [2.75, 3.05) is 52.4 Å². The fourth-order valence-corrected chi connectivity index (χ4v) is 5.13. The van der Waals surface area contributed by atoms with Crippen molar-refractivity contribution in [2.45, 2.75) is 35.4 Å². The first kappa shape index (κ1) is 29.0. The maximum atomic E-state index is 10.1. The molecule has 2 N–H and O–H groups in total. The maximum Gasteiger partial charge on any atom is 0.109 e. The largest absolute Gasteiger partial charge is 0.390 e. The lowest BCUT2D eigenvalue weighted by Gasteiger charge is -2.34. The van der Waals surface area contributed by atoms with Crippen LogP contribution in [0, 0.1) is 0 Å². The molecule has 4 aliphatic rings. The van der Waals surface area contributed by atoms with E-state index in [1.165, 1.54) is 11.1 Å². The number of allylic oxidation sites excluding steroid dienone is 9. The smallest absolute Gasteiger partial charge is 0.109 e. The molecule has 5 nitrogen and oxygen atoms in total. The molecule has 1 fully saturated rings. The Kier molecular flexibility index (Phi) is 10.6. The fraction of sp³-hybridized carbons (Fsp3) is 0.438. The Bertz CT molecular complexity index is 1080. The molecule has 0 aromatic carbocycles. The molecule has 0 saturated carbocycles. The number of nitrogens with one attached hydrogen (secondary N) is 1. The van der Waals surface area contributed by atoms with Gasteiger partial charge in [0.25, 0.3) is 0 Å². The molecular formula is C32H42IN3O2. The lowest BCUT2D eigenvalue weighted by Crippen LogP contribution is -2.47. The van der Waals surface area contributed by atoms with E-state index in [4.69, 9.17) is 4.74 Å². The minimum absolute atomic E-state index is 0.0165. The maximum absolute atomic E-state index is 10.1. The van der Waals surface area contributed by atoms with Crippen LogP contribution < -0.4 is 5.32 Å². The lowest BCUT2D eigenvalue weighted by atomic mass is 10.0. The summed E-state index contributed by atoms with van der Waals surface area (Å²) < 4.78 is 6.59. The summed E-state index contributed by atoms with van der Waals surface area (Å²) in [6.07, 6.45) is 32.5. The second kappa shape index (κ2) is 13.9. The first-order chi connectivity index (χ1) is 18.3. The molecule has 0 amide bonds. The molecule has 0 spiro atoms. The van der Waals surface area contributed by atoms with Gasteiger partial charge in [0.2, 0.25) is 0 Å². The summed E-state index contributed by atoms with van der Waals surface area (Å²) in [5.74, 6) is 0. The summed E-state index contributed by atoms with van der Waals surface area (Å²) >= 11 is 2.47. The zero-order valence-corrected chi connectivity index (χ0v) is 24.9. The summed E-state index contributed by atoms with van der Waals surface area (Å²) in [6, 6.07) is 0. The van der Waals surface area contributed by atoms with Crippen molar-refractivity contribution in [3.63, 3.8) is 0 Å². The predicted molar refractivity (Wildman–Crippen MR) is 167 cm³/mol. The number of piperazine rings is 1. The van der Waals surface area contributed by atoms with Crippen molar-refractivity contribution >= 4 is 22.6 Å². The third-order valence-electron chi connectivity index (χ3n) is 7.12. The van der Waals surface area contributed by atoms with E-state index in [1.54, 1.807) is 13.0 Å². The molecular weight excluding hydrogens is 585 g/mol. The van der Waals surface area contributed by atoms with Crippen molar-refractivity contribution in [3.05, 3.63) is 108 Å². The molecule has 2 aliphatic carbocycles. The first-order valence-electron chi connectivity index (χ1n) is 13.7. The minimum atomic E-state index is -0.872. The zero-order chi connectivity index (χ0) is 26.8. The lowest BCUT2D eigenvalue weighted by molar-refractivity contribution is 0.0624. The van der Waals surface area contributed by atoms with Crippen LogP contribution in [0.25, 0.3) is 0 Å². The van der Waals surface area contributed by atoms with E-state index in [0.717, 1.165) is 57.8 Å². The topological polar surface area (TPSA) is 48.0 Å². The molecule has 2 heterocycles. The van der Waals surface area contributed by atoms with E-state index in [9.17, 15) is 5.11 Å². The highest BCUT2D eigenvalue weighted by atomic mass is 127. The molecule has 0 aromatic heterocycles. The Morgan fingerprint density at radius 2 is 1.79 bits per heavy atom. The van der Waals surface area contributed by atoms with Crippen molar-refractivity contribution in [3.8, 4) is 0 Å². The average molecular weight is 628 g/mol. The van der Waals surface area contributed by atoms with Gasteiger partial charge < -0.3 is 15.2 Å². The van der Waals surface area contributed by atoms with Crippen molar-refractivity contribution in [2.24, 2.45) is 0 Å². The van der Waals surface area contributed by atoms with E-state index in [0.29, 0.717) is 6.61 Å². The van der Waals surface area contributed by atoms with Gasteiger partial charge in [-0.1, -0.05) is 95.5 Å². The van der Waals surface area contributed by atoms with Crippen LogP contribution in [-0.4, -0.2) is 82.5 Å². The molecule has 3 unspecified atom stereocenters. The van der Waals surface area contributed by atoms with Crippen LogP contribution in [0.15, 0.2) is 108 Å². The average Bonchev–Trinajstić information content (AvgIpc) is 3.33. The molecule has 0 bridgehead atoms. The third-order valence-corrected chi connectivity index (χ3v) is 7.84. The number of nitrogens with zero attached hydrogens (tertiary/aromatic N) is 2. The number of hydrogen-bond donors (Lipinski definition) is 2. The monoisotopic (exact) mass is 627 g/mol. The van der Waals surface area contributed by atoms with E-state index in [-0.39, 0.29) is 9.53 Å². The molecule has 0 radical (unpaired) electrons. The zero-order valence-electron chi connectivity index (χ0n) is 22.7. The van der Waals surface area contributed by atoms with E-state index >= 15 is 0 Å². The normalized spacial score (nSPS) is 29.3. The quantitative estimate of drug-likeness (QED) is 0.278. The van der Waals surface area contributed by atoms with Crippen LogP contribution in [-0.2, 0) is 4.74 Å². The summed E-state index contributed by atoms with van der Waals surface area (Å²) in [4.78, 5) is 5.00. The number of hydrogen-bond acceptors (Lipinski definition) is 5. The van der Waals surface area contributed by atoms with E-state index in [2.05, 4.69) is 106 Å². The molecule has 1 saturated heterocycles. The Labute approximate surface area is 242 Å². The third kappa shape index (κ3) is 9.35. The van der Waals surface area contributed by atoms with Gasteiger partial charge in [-0.2, -0.15) is 0 Å². The fourth-order valence-electron chi connectivity index (χ4n) is 4.74. The Hall–Kier alpha value is -1.97. The summed E-state index contributed by atoms with van der Waals surface area (Å²) in [5.41, 5.74) is 2.60. The summed E-state index contributed by atoms with van der Waals surface area (Å²) in [7, 11) is 0. The highest BCUT2D eigenvalue weighted by Gasteiger charge is 2.22. The Balaban J connectivity index is 1.25. The Morgan fingerprint density at radius 1 is 1.00 bits per heavy atom. The highest BCUT2D eigenvalue weighted by Crippen LogP contribution is 2.28. The van der Waals surface area contributed by atoms with Crippen LogP contribution in [0.2, 0.25) is 0 Å². The Morgan fingerprint density at radius 3 is 2.63 bits per heavy atom. The van der Waals surface area contributed by atoms with Gasteiger partial charge in [0.15, 0.2) is 0 Å². The van der Waals surface area contributed by atoms with E-state index in [1.807, 2.05) is 24.3 Å². The second-order valence-electron chi connectivity index (χ2n) is 10.7. The molecule has 0 aromatic rings. The van der Waals surface area contributed by atoms with E-state index < -0.39 is 5.60 Å². The molecule has 204 valence electrons. The van der Waals surface area contributed by atoms with Crippen LogP contribution in [0.1, 0.15) is 20.3 Å². The summed E-state index contributed by atoms with van der Waals surface area (Å²) in [5, 5.41) is 13.5. The van der Waals surface area contributed by atoms with Crippen LogP contribution in [0.4, 0.5) is 0 Å². The molecule has 6 heteroatoms. The second-order valence-corrected chi connectivity index (χ2v) is 13.0. The molecule has 3 atom stereocenters. The number of halogens is 1. The first-order valence-corrected chi connectivity index (χ1v) is 14.8.